The smallest absolute Gasteiger partial charge is 0.240 e. The number of nitrogens with one attached hydrogen (secondary N) is 1. The third kappa shape index (κ3) is 4.88. The van der Waals surface area contributed by atoms with Gasteiger partial charge >= 0.3 is 0 Å². The second kappa shape index (κ2) is 8.04. The third-order valence-corrected chi connectivity index (χ3v) is 4.94. The zero-order valence-corrected chi connectivity index (χ0v) is 14.6. The Kier molecular flexibility index (Phi) is 6.06. The summed E-state index contributed by atoms with van der Waals surface area (Å²) in [7, 11) is -3.50. The van der Waals surface area contributed by atoms with Crippen LogP contribution in [0, 0.1) is 6.92 Å². The highest BCUT2D eigenvalue weighted by molar-refractivity contribution is 7.89. The highest BCUT2D eigenvalue weighted by Crippen LogP contribution is 2.12. The number of hydrogen-bond acceptors (Lipinski definition) is 3. The molecule has 0 amide bonds. The number of aryl methyl sites for hydroxylation is 1. The average molecular weight is 343 g/mol. The molecule has 126 valence electrons. The number of benzene rings is 2. The molecule has 0 heterocycles. The largest absolute Gasteiger partial charge is 0.289 e. The van der Waals surface area contributed by atoms with Gasteiger partial charge in [0.2, 0.25) is 10.0 Å². The van der Waals surface area contributed by atoms with Crippen LogP contribution in [-0.4, -0.2) is 20.7 Å². The van der Waals surface area contributed by atoms with Gasteiger partial charge in [0.05, 0.1) is 4.90 Å². The van der Waals surface area contributed by atoms with Gasteiger partial charge in [-0.15, -0.1) is 0 Å². The van der Waals surface area contributed by atoms with Crippen LogP contribution in [0.1, 0.15) is 34.8 Å². The maximum atomic E-state index is 12.2. The minimum absolute atomic E-state index is 0.162. The molecule has 0 aliphatic carbocycles. The van der Waals surface area contributed by atoms with Gasteiger partial charge in [0.15, 0.2) is 5.78 Å². The Morgan fingerprint density at radius 1 is 1.12 bits per heavy atom. The van der Waals surface area contributed by atoms with Crippen molar-refractivity contribution in [3.8, 4) is 0 Å². The Bertz CT molecular complexity index is 837. The standard InChI is InChI=1S/C19H21NO3S/c1-3-13-20-24(22,23)18-10-8-17(9-11-18)19(21)12-7-16-6-4-5-15(2)14-16/h4-12,14,20H,3,13H2,1-2H3. The van der Waals surface area contributed by atoms with Crippen molar-refractivity contribution in [2.24, 2.45) is 0 Å². The van der Waals surface area contributed by atoms with Crippen molar-refractivity contribution in [3.05, 3.63) is 71.3 Å². The molecule has 0 aromatic heterocycles. The van der Waals surface area contributed by atoms with E-state index in [0.29, 0.717) is 12.1 Å². The van der Waals surface area contributed by atoms with Crippen LogP contribution < -0.4 is 4.72 Å². The van der Waals surface area contributed by atoms with E-state index in [4.69, 9.17) is 0 Å². The van der Waals surface area contributed by atoms with E-state index in [1.807, 2.05) is 38.1 Å². The molecule has 0 spiro atoms. The topological polar surface area (TPSA) is 63.2 Å². The Hall–Kier alpha value is -2.24. The number of hydrogen-bond donors (Lipinski definition) is 1. The molecule has 0 fully saturated rings. The SMILES string of the molecule is CCCNS(=O)(=O)c1ccc(C(=O)C=Cc2cccc(C)c2)cc1. The second-order valence-electron chi connectivity index (χ2n) is 5.53. The maximum Gasteiger partial charge on any atom is 0.240 e. The highest BCUT2D eigenvalue weighted by Gasteiger charge is 2.13. The number of sulfonamides is 1. The summed E-state index contributed by atoms with van der Waals surface area (Å²) in [4.78, 5) is 12.3. The number of rotatable bonds is 7. The molecule has 2 rings (SSSR count). The number of carbonyl (C=O) groups is 1. The Balaban J connectivity index is 2.11. The molecule has 0 saturated heterocycles. The van der Waals surface area contributed by atoms with E-state index < -0.39 is 10.0 Å². The minimum atomic E-state index is -3.50. The first-order valence-electron chi connectivity index (χ1n) is 7.81. The van der Waals surface area contributed by atoms with Crippen molar-refractivity contribution in [3.63, 3.8) is 0 Å². The van der Waals surface area contributed by atoms with Gasteiger partial charge in [-0.3, -0.25) is 4.79 Å². The fraction of sp³-hybridized carbons (Fsp3) is 0.211. The lowest BCUT2D eigenvalue weighted by Gasteiger charge is -2.05. The van der Waals surface area contributed by atoms with Crippen LogP contribution in [0.2, 0.25) is 0 Å². The lowest BCUT2D eigenvalue weighted by molar-refractivity contribution is 0.104. The van der Waals surface area contributed by atoms with Gasteiger partial charge in [0.1, 0.15) is 0 Å². The minimum Gasteiger partial charge on any atom is -0.289 e. The fourth-order valence-corrected chi connectivity index (χ4v) is 3.29. The van der Waals surface area contributed by atoms with Gasteiger partial charge in [-0.1, -0.05) is 42.8 Å². The maximum absolute atomic E-state index is 12.2. The van der Waals surface area contributed by atoms with Gasteiger partial charge in [0, 0.05) is 12.1 Å². The normalized spacial score (nSPS) is 11.8. The molecule has 4 nitrogen and oxygen atoms in total. The number of ketones is 1. The molecule has 2 aromatic rings. The summed E-state index contributed by atoms with van der Waals surface area (Å²) in [6.07, 6.45) is 3.97. The monoisotopic (exact) mass is 343 g/mol. The van der Waals surface area contributed by atoms with Gasteiger partial charge < -0.3 is 0 Å². The lowest BCUT2D eigenvalue weighted by Crippen LogP contribution is -2.24. The lowest BCUT2D eigenvalue weighted by atomic mass is 10.1. The Morgan fingerprint density at radius 3 is 2.46 bits per heavy atom. The molecule has 0 bridgehead atoms. The molecule has 0 aliphatic heterocycles. The van der Waals surface area contributed by atoms with Crippen LogP contribution >= 0.6 is 0 Å². The molecule has 0 aliphatic rings. The Morgan fingerprint density at radius 2 is 1.83 bits per heavy atom. The van der Waals surface area contributed by atoms with E-state index in [1.165, 1.54) is 30.3 Å². The van der Waals surface area contributed by atoms with Crippen molar-refractivity contribution < 1.29 is 13.2 Å². The van der Waals surface area contributed by atoms with Gasteiger partial charge in [-0.2, -0.15) is 0 Å². The summed E-state index contributed by atoms with van der Waals surface area (Å²) in [5.74, 6) is -0.165. The summed E-state index contributed by atoms with van der Waals surface area (Å²) in [6.45, 7) is 4.28. The van der Waals surface area contributed by atoms with E-state index >= 15 is 0 Å². The van der Waals surface area contributed by atoms with Crippen LogP contribution in [-0.2, 0) is 10.0 Å². The van der Waals surface area contributed by atoms with Crippen molar-refractivity contribution in [1.82, 2.24) is 4.72 Å². The van der Waals surface area contributed by atoms with E-state index in [2.05, 4.69) is 4.72 Å². The molecular formula is C19H21NO3S. The van der Waals surface area contributed by atoms with Crippen molar-refractivity contribution in [1.29, 1.82) is 0 Å². The molecule has 1 N–H and O–H groups in total. The van der Waals surface area contributed by atoms with Crippen molar-refractivity contribution in [2.75, 3.05) is 6.54 Å². The molecule has 0 unspecified atom stereocenters. The molecule has 24 heavy (non-hydrogen) atoms. The predicted octanol–water partition coefficient (Wildman–Crippen LogP) is 3.58. The first-order valence-corrected chi connectivity index (χ1v) is 9.29. The van der Waals surface area contributed by atoms with E-state index in [0.717, 1.165) is 17.5 Å². The van der Waals surface area contributed by atoms with Crippen LogP contribution in [0.3, 0.4) is 0 Å². The molecule has 2 aromatic carbocycles. The quantitative estimate of drug-likeness (QED) is 0.617. The summed E-state index contributed by atoms with van der Waals surface area (Å²) in [5, 5.41) is 0. The zero-order valence-electron chi connectivity index (χ0n) is 13.8. The summed E-state index contributed by atoms with van der Waals surface area (Å²) < 4.78 is 26.5. The summed E-state index contributed by atoms with van der Waals surface area (Å²) in [5.41, 5.74) is 2.53. The van der Waals surface area contributed by atoms with E-state index in [9.17, 15) is 13.2 Å². The third-order valence-electron chi connectivity index (χ3n) is 3.46. The van der Waals surface area contributed by atoms with E-state index in [1.54, 1.807) is 6.08 Å². The van der Waals surface area contributed by atoms with Crippen LogP contribution in [0.25, 0.3) is 6.08 Å². The van der Waals surface area contributed by atoms with Gasteiger partial charge in [-0.25, -0.2) is 13.1 Å². The molecule has 0 atom stereocenters. The predicted molar refractivity (Wildman–Crippen MR) is 96.5 cm³/mol. The van der Waals surface area contributed by atoms with Crippen LogP contribution in [0.4, 0.5) is 0 Å². The second-order valence-corrected chi connectivity index (χ2v) is 7.30. The first kappa shape index (κ1) is 18.1. The highest BCUT2D eigenvalue weighted by atomic mass is 32.2. The molecule has 5 heteroatoms. The van der Waals surface area contributed by atoms with Crippen LogP contribution in [0.15, 0.2) is 59.5 Å². The van der Waals surface area contributed by atoms with Crippen molar-refractivity contribution in [2.45, 2.75) is 25.2 Å². The van der Waals surface area contributed by atoms with Gasteiger partial charge in [0.25, 0.3) is 0 Å². The average Bonchev–Trinajstić information content (AvgIpc) is 2.58. The zero-order chi connectivity index (χ0) is 17.6. The summed E-state index contributed by atoms with van der Waals surface area (Å²) >= 11 is 0. The van der Waals surface area contributed by atoms with Crippen molar-refractivity contribution >= 4 is 21.9 Å². The number of allylic oxidation sites excluding steroid dienone is 1. The van der Waals surface area contributed by atoms with Crippen LogP contribution in [0.5, 0.6) is 0 Å². The summed E-state index contributed by atoms with van der Waals surface area (Å²) in [6, 6.07) is 13.8. The number of carbonyl (C=O) groups excluding carboxylic acids is 1. The molecule has 0 radical (unpaired) electrons. The first-order chi connectivity index (χ1) is 11.4. The fourth-order valence-electron chi connectivity index (χ4n) is 2.16. The molecule has 0 saturated carbocycles. The van der Waals surface area contributed by atoms with Gasteiger partial charge in [-0.05, 0) is 49.2 Å². The Labute approximate surface area is 143 Å². The molecular weight excluding hydrogens is 322 g/mol. The van der Waals surface area contributed by atoms with E-state index in [-0.39, 0.29) is 10.7 Å².